The van der Waals surface area contributed by atoms with Gasteiger partial charge in [-0.25, -0.2) is 4.52 Å². The number of fused-ring (bicyclic) bond motifs is 4. The molecule has 1 fully saturated rings. The topological polar surface area (TPSA) is 108 Å². The van der Waals surface area contributed by atoms with Crippen molar-refractivity contribution in [3.8, 4) is 0 Å². The van der Waals surface area contributed by atoms with Gasteiger partial charge < -0.3 is 15.2 Å². The van der Waals surface area contributed by atoms with Crippen molar-refractivity contribution in [2.45, 2.75) is 38.9 Å². The summed E-state index contributed by atoms with van der Waals surface area (Å²) in [4.78, 5) is 44.4. The molecule has 1 amide bonds. The highest BCUT2D eigenvalue weighted by Crippen LogP contribution is 2.27. The molecule has 10 heteroatoms. The summed E-state index contributed by atoms with van der Waals surface area (Å²) in [7, 11) is 1.53. The number of aryl methyl sites for hydroxylation is 1. The van der Waals surface area contributed by atoms with E-state index in [9.17, 15) is 14.4 Å². The minimum atomic E-state index is -0.350. The molecule has 2 aliphatic heterocycles. The Hall–Kier alpha value is -3.40. The molecule has 32 heavy (non-hydrogen) atoms. The monoisotopic (exact) mass is 437 g/mol. The molecule has 0 aromatic carbocycles. The van der Waals surface area contributed by atoms with Crippen LogP contribution in [0.4, 0.5) is 5.82 Å². The number of aromatic amines is 1. The minimum absolute atomic E-state index is 0.0595. The molecule has 5 heterocycles. The molecule has 1 atom stereocenters. The van der Waals surface area contributed by atoms with Gasteiger partial charge in [0.15, 0.2) is 0 Å². The molecule has 0 saturated carbocycles. The van der Waals surface area contributed by atoms with Crippen LogP contribution in [-0.4, -0.2) is 62.7 Å². The zero-order valence-corrected chi connectivity index (χ0v) is 18.3. The van der Waals surface area contributed by atoms with Gasteiger partial charge in [0.2, 0.25) is 0 Å². The van der Waals surface area contributed by atoms with Crippen LogP contribution in [0.1, 0.15) is 35.0 Å². The summed E-state index contributed by atoms with van der Waals surface area (Å²) in [6.45, 7) is 5.77. The zero-order chi connectivity index (χ0) is 22.4. The maximum Gasteiger partial charge on any atom is 0.264 e. The second kappa shape index (κ2) is 7.94. The summed E-state index contributed by atoms with van der Waals surface area (Å²) in [6, 6.07) is 5.75. The molecule has 10 nitrogen and oxygen atoms in total. The van der Waals surface area contributed by atoms with Crippen LogP contribution in [0.25, 0.3) is 5.65 Å². The van der Waals surface area contributed by atoms with Crippen molar-refractivity contribution in [1.29, 1.82) is 0 Å². The van der Waals surface area contributed by atoms with Gasteiger partial charge in [0, 0.05) is 63.6 Å². The number of carbonyl (C=O) groups excluding carboxylic acids is 1. The number of H-pyrrole nitrogens is 1. The average molecular weight is 438 g/mol. The summed E-state index contributed by atoms with van der Waals surface area (Å²) in [6.07, 6.45) is 3.32. The Kier molecular flexibility index (Phi) is 5.09. The van der Waals surface area contributed by atoms with E-state index in [0.29, 0.717) is 31.2 Å². The van der Waals surface area contributed by atoms with Gasteiger partial charge in [-0.1, -0.05) is 6.92 Å². The molecule has 5 rings (SSSR count). The van der Waals surface area contributed by atoms with E-state index in [1.165, 1.54) is 7.05 Å². The maximum atomic E-state index is 12.8. The molecule has 1 saturated heterocycles. The quantitative estimate of drug-likeness (QED) is 0.604. The molecular formula is C22H27N7O3. The number of pyridine rings is 1. The normalized spacial score (nSPS) is 18.4. The van der Waals surface area contributed by atoms with E-state index < -0.39 is 0 Å². The molecule has 0 aliphatic carbocycles. The lowest BCUT2D eigenvalue weighted by Crippen LogP contribution is -2.57. The van der Waals surface area contributed by atoms with Gasteiger partial charge in [0.25, 0.3) is 17.0 Å². The van der Waals surface area contributed by atoms with Crippen molar-refractivity contribution in [2.24, 2.45) is 0 Å². The molecule has 2 aliphatic rings. The van der Waals surface area contributed by atoms with Crippen molar-refractivity contribution in [2.75, 3.05) is 31.6 Å². The van der Waals surface area contributed by atoms with Gasteiger partial charge in [-0.15, -0.1) is 0 Å². The van der Waals surface area contributed by atoms with E-state index in [4.69, 9.17) is 0 Å². The van der Waals surface area contributed by atoms with Gasteiger partial charge in [0.1, 0.15) is 17.0 Å². The molecule has 0 spiro atoms. The van der Waals surface area contributed by atoms with E-state index in [0.717, 1.165) is 43.1 Å². The summed E-state index contributed by atoms with van der Waals surface area (Å²) in [5, 5.41) is 7.18. The van der Waals surface area contributed by atoms with Crippen LogP contribution in [0.3, 0.4) is 0 Å². The second-order valence-corrected chi connectivity index (χ2v) is 8.44. The Morgan fingerprint density at radius 3 is 2.88 bits per heavy atom. The maximum absolute atomic E-state index is 12.8. The molecule has 3 aromatic heterocycles. The van der Waals surface area contributed by atoms with Gasteiger partial charge in [0.05, 0.1) is 5.69 Å². The number of rotatable bonds is 4. The number of piperazine rings is 1. The van der Waals surface area contributed by atoms with Crippen LogP contribution in [0.2, 0.25) is 0 Å². The Labute approximate surface area is 184 Å². The number of hydrogen-bond acceptors (Lipinski definition) is 6. The van der Waals surface area contributed by atoms with E-state index in [1.54, 1.807) is 21.3 Å². The number of aromatic nitrogens is 4. The standard InChI is InChI=1S/C22H27N7O3/c1-3-14-11-29-18(24-20(14)30)10-15(25-29)12-26-8-9-27-16(13-26)6-7-28-19(27)5-4-17(22(28)32)21(31)23-2/h4-5,10-11,16H,3,6-9,12-13H2,1-2H3,(H,23,31)(H,24,30). The zero-order valence-electron chi connectivity index (χ0n) is 18.3. The highest BCUT2D eigenvalue weighted by atomic mass is 16.2. The van der Waals surface area contributed by atoms with E-state index in [1.807, 2.05) is 19.1 Å². The Bertz CT molecular complexity index is 1310. The number of carbonyl (C=O) groups is 1. The predicted octanol–water partition coefficient (Wildman–Crippen LogP) is 0.201. The van der Waals surface area contributed by atoms with Crippen molar-refractivity contribution >= 4 is 17.4 Å². The fourth-order valence-electron chi connectivity index (χ4n) is 4.83. The lowest BCUT2D eigenvalue weighted by Gasteiger charge is -2.46. The first-order valence-corrected chi connectivity index (χ1v) is 11.0. The van der Waals surface area contributed by atoms with Gasteiger partial charge >= 0.3 is 0 Å². The molecular weight excluding hydrogens is 410 g/mol. The molecule has 2 N–H and O–H groups in total. The van der Waals surface area contributed by atoms with Crippen LogP contribution >= 0.6 is 0 Å². The van der Waals surface area contributed by atoms with Crippen molar-refractivity contribution in [3.63, 3.8) is 0 Å². The Morgan fingerprint density at radius 2 is 2.09 bits per heavy atom. The summed E-state index contributed by atoms with van der Waals surface area (Å²) >= 11 is 0. The minimum Gasteiger partial charge on any atom is -0.355 e. The van der Waals surface area contributed by atoms with Crippen molar-refractivity contribution < 1.29 is 4.79 Å². The van der Waals surface area contributed by atoms with E-state index >= 15 is 0 Å². The highest BCUT2D eigenvalue weighted by molar-refractivity contribution is 5.93. The summed E-state index contributed by atoms with van der Waals surface area (Å²) in [5.74, 6) is 0.535. The van der Waals surface area contributed by atoms with Crippen molar-refractivity contribution in [1.82, 2.24) is 29.4 Å². The second-order valence-electron chi connectivity index (χ2n) is 8.44. The molecule has 0 bridgehead atoms. The van der Waals surface area contributed by atoms with Crippen LogP contribution < -0.4 is 21.3 Å². The van der Waals surface area contributed by atoms with Gasteiger partial charge in [-0.3, -0.25) is 23.9 Å². The third-order valence-corrected chi connectivity index (χ3v) is 6.53. The number of amides is 1. The summed E-state index contributed by atoms with van der Waals surface area (Å²) in [5.41, 5.74) is 2.24. The third-order valence-electron chi connectivity index (χ3n) is 6.53. The van der Waals surface area contributed by atoms with Crippen molar-refractivity contribution in [3.05, 3.63) is 61.9 Å². The number of nitrogens with zero attached hydrogens (tertiary/aromatic N) is 5. The predicted molar refractivity (Wildman–Crippen MR) is 120 cm³/mol. The van der Waals surface area contributed by atoms with Crippen LogP contribution in [0.15, 0.2) is 34.0 Å². The first kappa shape index (κ1) is 20.5. The first-order valence-electron chi connectivity index (χ1n) is 11.0. The lowest BCUT2D eigenvalue weighted by atomic mass is 10.0. The molecule has 3 aromatic rings. The third kappa shape index (κ3) is 3.40. The largest absolute Gasteiger partial charge is 0.355 e. The van der Waals surface area contributed by atoms with Gasteiger partial charge in [-0.05, 0) is 25.0 Å². The highest BCUT2D eigenvalue weighted by Gasteiger charge is 2.33. The average Bonchev–Trinajstić information content (AvgIpc) is 3.18. The number of nitrogens with one attached hydrogen (secondary N) is 2. The SMILES string of the molecule is CCc1cn2nc(CN3CCN4c5ccc(C(=O)NC)c(=O)n5CCC4C3)cc2[nH]c1=O. The number of hydrogen-bond donors (Lipinski definition) is 2. The Morgan fingerprint density at radius 1 is 1.25 bits per heavy atom. The molecule has 0 radical (unpaired) electrons. The smallest absolute Gasteiger partial charge is 0.264 e. The first-order chi connectivity index (χ1) is 15.5. The van der Waals surface area contributed by atoms with Crippen LogP contribution in [0, 0.1) is 0 Å². The van der Waals surface area contributed by atoms with Crippen LogP contribution in [-0.2, 0) is 19.5 Å². The van der Waals surface area contributed by atoms with E-state index in [2.05, 4.69) is 25.2 Å². The van der Waals surface area contributed by atoms with E-state index in [-0.39, 0.29) is 22.6 Å². The number of anilines is 1. The Balaban J connectivity index is 1.33. The van der Waals surface area contributed by atoms with Gasteiger partial charge in [-0.2, -0.15) is 5.10 Å². The lowest BCUT2D eigenvalue weighted by molar-refractivity contribution is 0.0960. The van der Waals surface area contributed by atoms with Crippen LogP contribution in [0.5, 0.6) is 0 Å². The molecule has 1 unspecified atom stereocenters. The summed E-state index contributed by atoms with van der Waals surface area (Å²) < 4.78 is 3.47. The molecule has 168 valence electrons. The fraction of sp³-hybridized carbons (Fsp3) is 0.455. The fourth-order valence-corrected chi connectivity index (χ4v) is 4.83.